The SMILES string of the molecule is N#CC[C@H]1CNCCO[C@@H]1c1ccc(Cl)c(Cl)c1. The summed E-state index contributed by atoms with van der Waals surface area (Å²) in [7, 11) is 0. The molecule has 0 aliphatic carbocycles. The smallest absolute Gasteiger partial charge is 0.0876 e. The van der Waals surface area contributed by atoms with Crippen LogP contribution in [0.3, 0.4) is 0 Å². The molecule has 0 saturated carbocycles. The highest BCUT2D eigenvalue weighted by Gasteiger charge is 2.26. The van der Waals surface area contributed by atoms with Gasteiger partial charge in [0.15, 0.2) is 0 Å². The summed E-state index contributed by atoms with van der Waals surface area (Å²) in [6.07, 6.45) is 0.354. The van der Waals surface area contributed by atoms with E-state index in [0.29, 0.717) is 23.1 Å². The molecule has 0 bridgehead atoms. The zero-order chi connectivity index (χ0) is 13.0. The van der Waals surface area contributed by atoms with Crippen molar-refractivity contribution in [3.63, 3.8) is 0 Å². The molecule has 0 aromatic heterocycles. The van der Waals surface area contributed by atoms with Gasteiger partial charge in [0.2, 0.25) is 0 Å². The maximum absolute atomic E-state index is 8.89. The second-order valence-corrected chi connectivity index (χ2v) is 5.11. The first-order chi connectivity index (χ1) is 8.72. The second-order valence-electron chi connectivity index (χ2n) is 4.29. The molecule has 0 amide bonds. The molecule has 2 rings (SSSR count). The van der Waals surface area contributed by atoms with Gasteiger partial charge in [-0.25, -0.2) is 0 Å². The maximum atomic E-state index is 8.89. The lowest BCUT2D eigenvalue weighted by molar-refractivity contribution is 0.0320. The summed E-state index contributed by atoms with van der Waals surface area (Å²) < 4.78 is 5.83. The predicted molar refractivity (Wildman–Crippen MR) is 71.7 cm³/mol. The Morgan fingerprint density at radius 2 is 2.22 bits per heavy atom. The molecular formula is C13H14Cl2N2O. The van der Waals surface area contributed by atoms with Crippen LogP contribution in [0.1, 0.15) is 18.1 Å². The van der Waals surface area contributed by atoms with Crippen LogP contribution < -0.4 is 5.32 Å². The van der Waals surface area contributed by atoms with Crippen molar-refractivity contribution in [3.05, 3.63) is 33.8 Å². The molecule has 1 saturated heterocycles. The van der Waals surface area contributed by atoms with E-state index in [1.165, 1.54) is 0 Å². The number of nitrogens with one attached hydrogen (secondary N) is 1. The summed E-state index contributed by atoms with van der Waals surface area (Å²) in [5.41, 5.74) is 0.980. The Balaban J connectivity index is 2.26. The lowest BCUT2D eigenvalue weighted by atomic mass is 9.93. The normalized spacial score (nSPS) is 24.3. The molecule has 1 N–H and O–H groups in total. The number of hydrogen-bond acceptors (Lipinski definition) is 3. The number of halogens is 2. The van der Waals surface area contributed by atoms with Gasteiger partial charge in [-0.15, -0.1) is 0 Å². The molecule has 2 atom stereocenters. The van der Waals surface area contributed by atoms with Crippen LogP contribution in [-0.4, -0.2) is 19.7 Å². The van der Waals surface area contributed by atoms with E-state index in [9.17, 15) is 0 Å². The average molecular weight is 285 g/mol. The molecule has 1 aromatic rings. The topological polar surface area (TPSA) is 45.0 Å². The third kappa shape index (κ3) is 3.15. The molecule has 1 aliphatic rings. The Labute approximate surface area is 117 Å². The molecule has 96 valence electrons. The molecule has 1 aromatic carbocycles. The van der Waals surface area contributed by atoms with Crippen molar-refractivity contribution in [2.24, 2.45) is 5.92 Å². The fourth-order valence-corrected chi connectivity index (χ4v) is 2.45. The van der Waals surface area contributed by atoms with E-state index >= 15 is 0 Å². The number of rotatable bonds is 2. The van der Waals surface area contributed by atoms with Gasteiger partial charge in [-0.1, -0.05) is 29.3 Å². The monoisotopic (exact) mass is 284 g/mol. The zero-order valence-electron chi connectivity index (χ0n) is 9.83. The summed E-state index contributed by atoms with van der Waals surface area (Å²) in [5, 5.41) is 13.2. The molecule has 0 spiro atoms. The van der Waals surface area contributed by atoms with Crippen LogP contribution in [0, 0.1) is 17.2 Å². The van der Waals surface area contributed by atoms with Gasteiger partial charge in [0, 0.05) is 25.4 Å². The van der Waals surface area contributed by atoms with Crippen molar-refractivity contribution >= 4 is 23.2 Å². The summed E-state index contributed by atoms with van der Waals surface area (Å²) in [5.74, 6) is 0.134. The Hall–Kier alpha value is -0.790. The number of benzene rings is 1. The van der Waals surface area contributed by atoms with Gasteiger partial charge < -0.3 is 10.1 Å². The lowest BCUT2D eigenvalue weighted by Gasteiger charge is -2.23. The van der Waals surface area contributed by atoms with Crippen molar-refractivity contribution in [1.29, 1.82) is 5.26 Å². The quantitative estimate of drug-likeness (QED) is 0.907. The Morgan fingerprint density at radius 1 is 1.39 bits per heavy atom. The molecule has 0 radical (unpaired) electrons. The second kappa shape index (κ2) is 6.40. The third-order valence-electron chi connectivity index (χ3n) is 3.04. The van der Waals surface area contributed by atoms with Gasteiger partial charge in [-0.05, 0) is 17.7 Å². The van der Waals surface area contributed by atoms with E-state index in [0.717, 1.165) is 18.7 Å². The average Bonchev–Trinajstić information content (AvgIpc) is 2.59. The minimum atomic E-state index is -0.102. The fraction of sp³-hybridized carbons (Fsp3) is 0.462. The maximum Gasteiger partial charge on any atom is 0.0876 e. The minimum absolute atomic E-state index is 0.102. The first-order valence-corrected chi connectivity index (χ1v) is 6.62. The van der Waals surface area contributed by atoms with E-state index in [1.807, 2.05) is 12.1 Å². The van der Waals surface area contributed by atoms with Crippen molar-refractivity contribution < 1.29 is 4.74 Å². The number of nitrogens with zero attached hydrogens (tertiary/aromatic N) is 1. The summed E-state index contributed by atoms with van der Waals surface area (Å²) in [4.78, 5) is 0. The van der Waals surface area contributed by atoms with Crippen LogP contribution in [-0.2, 0) is 4.74 Å². The lowest BCUT2D eigenvalue weighted by Crippen LogP contribution is -2.24. The first-order valence-electron chi connectivity index (χ1n) is 5.86. The predicted octanol–water partition coefficient (Wildman–Crippen LogP) is 3.18. The highest BCUT2D eigenvalue weighted by molar-refractivity contribution is 6.42. The number of ether oxygens (including phenoxy) is 1. The van der Waals surface area contributed by atoms with Crippen LogP contribution in [0.25, 0.3) is 0 Å². The fourth-order valence-electron chi connectivity index (χ4n) is 2.14. The molecule has 0 unspecified atom stereocenters. The van der Waals surface area contributed by atoms with Crippen molar-refractivity contribution in [3.8, 4) is 6.07 Å². The van der Waals surface area contributed by atoms with Gasteiger partial charge in [0.05, 0.1) is 28.8 Å². The first kappa shape index (κ1) is 13.6. The van der Waals surface area contributed by atoms with Crippen LogP contribution in [0.2, 0.25) is 10.0 Å². The van der Waals surface area contributed by atoms with Crippen molar-refractivity contribution in [1.82, 2.24) is 5.32 Å². The Kier molecular flexibility index (Phi) is 4.85. The highest BCUT2D eigenvalue weighted by Crippen LogP contribution is 2.33. The molecule has 1 heterocycles. The zero-order valence-corrected chi connectivity index (χ0v) is 11.3. The number of hydrogen-bond donors (Lipinski definition) is 1. The largest absolute Gasteiger partial charge is 0.372 e. The van der Waals surface area contributed by atoms with E-state index in [1.54, 1.807) is 6.07 Å². The summed E-state index contributed by atoms with van der Waals surface area (Å²) in [6, 6.07) is 7.72. The van der Waals surface area contributed by atoms with Gasteiger partial charge >= 0.3 is 0 Å². The molecule has 1 fully saturated rings. The van der Waals surface area contributed by atoms with Crippen LogP contribution >= 0.6 is 23.2 Å². The van der Waals surface area contributed by atoms with Gasteiger partial charge in [-0.3, -0.25) is 0 Å². The number of nitriles is 1. The molecule has 18 heavy (non-hydrogen) atoms. The summed E-state index contributed by atoms with van der Waals surface area (Å²) >= 11 is 11.9. The summed E-state index contributed by atoms with van der Waals surface area (Å²) in [6.45, 7) is 2.21. The third-order valence-corrected chi connectivity index (χ3v) is 3.78. The molecule has 5 heteroatoms. The van der Waals surface area contributed by atoms with Crippen LogP contribution in [0.15, 0.2) is 18.2 Å². The van der Waals surface area contributed by atoms with Gasteiger partial charge in [0.1, 0.15) is 0 Å². The highest BCUT2D eigenvalue weighted by atomic mass is 35.5. The van der Waals surface area contributed by atoms with E-state index < -0.39 is 0 Å². The molecule has 3 nitrogen and oxygen atoms in total. The Morgan fingerprint density at radius 3 is 2.94 bits per heavy atom. The van der Waals surface area contributed by atoms with Crippen LogP contribution in [0.5, 0.6) is 0 Å². The molecule has 1 aliphatic heterocycles. The van der Waals surface area contributed by atoms with Crippen molar-refractivity contribution in [2.45, 2.75) is 12.5 Å². The van der Waals surface area contributed by atoms with Gasteiger partial charge in [-0.2, -0.15) is 5.26 Å². The van der Waals surface area contributed by atoms with Crippen LogP contribution in [0.4, 0.5) is 0 Å². The van der Waals surface area contributed by atoms with Crippen molar-refractivity contribution in [2.75, 3.05) is 19.7 Å². The van der Waals surface area contributed by atoms with E-state index in [2.05, 4.69) is 11.4 Å². The van der Waals surface area contributed by atoms with Gasteiger partial charge in [0.25, 0.3) is 0 Å². The molecular weight excluding hydrogens is 271 g/mol. The Bertz CT molecular complexity index is 459. The minimum Gasteiger partial charge on any atom is -0.372 e. The standard InChI is InChI=1S/C13H14Cl2N2O/c14-11-2-1-9(7-12(11)15)13-10(3-4-16)8-17-5-6-18-13/h1-2,7,10,13,17H,3,5-6,8H2/t10-,13+/m0/s1. The van der Waals surface area contributed by atoms with E-state index in [-0.39, 0.29) is 12.0 Å². The van der Waals surface area contributed by atoms with E-state index in [4.69, 9.17) is 33.2 Å².